The molecule has 20 heavy (non-hydrogen) atoms. The number of aliphatic carboxylic acids is 1. The fourth-order valence-electron chi connectivity index (χ4n) is 1.75. The van der Waals surface area contributed by atoms with E-state index in [9.17, 15) is 4.79 Å². The Kier molecular flexibility index (Phi) is 4.24. The van der Waals surface area contributed by atoms with Crippen LogP contribution in [0, 0.1) is 6.92 Å². The third-order valence-electron chi connectivity index (χ3n) is 2.53. The Balaban J connectivity index is 2.31. The van der Waals surface area contributed by atoms with Gasteiger partial charge in [-0.25, -0.2) is 15.0 Å². The number of benzene rings is 1. The van der Waals surface area contributed by atoms with Crippen LogP contribution in [0.2, 0.25) is 0 Å². The minimum atomic E-state index is -0.965. The van der Waals surface area contributed by atoms with Crippen molar-refractivity contribution in [2.75, 3.05) is 6.61 Å². The van der Waals surface area contributed by atoms with Gasteiger partial charge in [-0.2, -0.15) is 0 Å². The molecule has 0 saturated carbocycles. The molecule has 2 aromatic rings. The van der Waals surface area contributed by atoms with Gasteiger partial charge in [0.2, 0.25) is 0 Å². The minimum absolute atomic E-state index is 0.215. The summed E-state index contributed by atoms with van der Waals surface area (Å²) in [5.41, 5.74) is 0.797. The van der Waals surface area contributed by atoms with Crippen molar-refractivity contribution in [3.8, 4) is 17.1 Å². The molecule has 6 nitrogen and oxygen atoms in total. The van der Waals surface area contributed by atoms with Crippen LogP contribution in [0.5, 0.6) is 5.75 Å². The lowest BCUT2D eigenvalue weighted by molar-refractivity contribution is -0.136. The summed E-state index contributed by atoms with van der Waals surface area (Å²) in [6.45, 7) is 4.24. The third kappa shape index (κ3) is 3.50. The molecule has 0 saturated heterocycles. The molecule has 104 valence electrons. The van der Waals surface area contributed by atoms with Gasteiger partial charge in [0.25, 0.3) is 0 Å². The molecule has 0 fully saturated rings. The van der Waals surface area contributed by atoms with Crippen LogP contribution in [0.25, 0.3) is 11.4 Å². The highest BCUT2D eigenvalue weighted by atomic mass is 16.5. The van der Waals surface area contributed by atoms with Crippen molar-refractivity contribution in [1.82, 2.24) is 15.0 Å². The first-order valence-electron chi connectivity index (χ1n) is 6.25. The van der Waals surface area contributed by atoms with E-state index >= 15 is 0 Å². The zero-order valence-electron chi connectivity index (χ0n) is 11.3. The predicted octanol–water partition coefficient (Wildman–Crippen LogP) is 1.87. The average Bonchev–Trinajstić information content (AvgIpc) is 2.38. The van der Waals surface area contributed by atoms with Gasteiger partial charge >= 0.3 is 5.97 Å². The number of rotatable bonds is 5. The molecule has 0 aliphatic heterocycles. The molecular formula is C14H15N3O3. The number of aryl methyl sites for hydroxylation is 1. The maximum Gasteiger partial charge on any atom is 0.311 e. The van der Waals surface area contributed by atoms with E-state index in [4.69, 9.17) is 9.84 Å². The summed E-state index contributed by atoms with van der Waals surface area (Å²) in [4.78, 5) is 23.2. The Hall–Kier alpha value is -2.50. The fourth-order valence-corrected chi connectivity index (χ4v) is 1.75. The van der Waals surface area contributed by atoms with Crippen LogP contribution in [0.4, 0.5) is 0 Å². The van der Waals surface area contributed by atoms with E-state index in [1.54, 1.807) is 6.92 Å². The summed E-state index contributed by atoms with van der Waals surface area (Å²) in [7, 11) is 0. The second-order valence-electron chi connectivity index (χ2n) is 4.15. The van der Waals surface area contributed by atoms with Crippen molar-refractivity contribution in [2.45, 2.75) is 20.3 Å². The van der Waals surface area contributed by atoms with Crippen molar-refractivity contribution in [2.24, 2.45) is 0 Å². The van der Waals surface area contributed by atoms with Crippen molar-refractivity contribution in [3.63, 3.8) is 0 Å². The Morgan fingerprint density at radius 1 is 1.20 bits per heavy atom. The Morgan fingerprint density at radius 2 is 1.90 bits per heavy atom. The van der Waals surface area contributed by atoms with Gasteiger partial charge in [0.05, 0.1) is 6.61 Å². The van der Waals surface area contributed by atoms with Gasteiger partial charge in [-0.15, -0.1) is 0 Å². The standard InChI is InChI=1S/C14H15N3O3/c1-3-20-11-6-4-10(5-7-11)14-16-9(2)15-12(17-14)8-13(18)19/h4-7H,3,8H2,1-2H3,(H,18,19). The normalized spacial score (nSPS) is 10.3. The number of carboxylic acid groups (broad SMARTS) is 1. The summed E-state index contributed by atoms with van der Waals surface area (Å²) < 4.78 is 5.37. The second-order valence-corrected chi connectivity index (χ2v) is 4.15. The molecular weight excluding hydrogens is 258 g/mol. The SMILES string of the molecule is CCOc1ccc(-c2nc(C)nc(CC(=O)O)n2)cc1. The molecule has 1 aromatic carbocycles. The second kappa shape index (κ2) is 6.10. The van der Waals surface area contributed by atoms with Crippen molar-refractivity contribution in [1.29, 1.82) is 0 Å². The van der Waals surface area contributed by atoms with Crippen molar-refractivity contribution < 1.29 is 14.6 Å². The third-order valence-corrected chi connectivity index (χ3v) is 2.53. The van der Waals surface area contributed by atoms with Gasteiger partial charge in [0.1, 0.15) is 23.8 Å². The molecule has 0 aliphatic rings. The molecule has 0 radical (unpaired) electrons. The molecule has 0 aliphatic carbocycles. The lowest BCUT2D eigenvalue weighted by atomic mass is 10.2. The van der Waals surface area contributed by atoms with Gasteiger partial charge in [-0.05, 0) is 38.1 Å². The average molecular weight is 273 g/mol. The highest BCUT2D eigenvalue weighted by Gasteiger charge is 2.09. The summed E-state index contributed by atoms with van der Waals surface area (Å²) >= 11 is 0. The molecule has 1 N–H and O–H groups in total. The zero-order valence-corrected chi connectivity index (χ0v) is 11.3. The predicted molar refractivity (Wildman–Crippen MR) is 72.5 cm³/mol. The molecule has 0 unspecified atom stereocenters. The number of hydrogen-bond donors (Lipinski definition) is 1. The Bertz CT molecular complexity index is 612. The van der Waals surface area contributed by atoms with Crippen LogP contribution in [-0.4, -0.2) is 32.6 Å². The quantitative estimate of drug-likeness (QED) is 0.895. The largest absolute Gasteiger partial charge is 0.494 e. The lowest BCUT2D eigenvalue weighted by Gasteiger charge is -2.06. The number of carboxylic acids is 1. The van der Waals surface area contributed by atoms with E-state index in [2.05, 4.69) is 15.0 Å². The monoisotopic (exact) mass is 273 g/mol. The fraction of sp³-hybridized carbons (Fsp3) is 0.286. The Labute approximate surface area is 116 Å². The van der Waals surface area contributed by atoms with Crippen LogP contribution < -0.4 is 4.74 Å². The van der Waals surface area contributed by atoms with E-state index in [1.165, 1.54) is 0 Å². The summed E-state index contributed by atoms with van der Waals surface area (Å²) in [5.74, 6) is 1.03. The smallest absolute Gasteiger partial charge is 0.311 e. The van der Waals surface area contributed by atoms with Crippen LogP contribution in [-0.2, 0) is 11.2 Å². The van der Waals surface area contributed by atoms with E-state index < -0.39 is 5.97 Å². The van der Waals surface area contributed by atoms with Gasteiger partial charge in [-0.3, -0.25) is 4.79 Å². The van der Waals surface area contributed by atoms with Crippen molar-refractivity contribution >= 4 is 5.97 Å². The van der Waals surface area contributed by atoms with E-state index in [1.807, 2.05) is 31.2 Å². The first-order chi connectivity index (χ1) is 9.58. The molecule has 1 heterocycles. The molecule has 0 atom stereocenters. The molecule has 0 bridgehead atoms. The van der Waals surface area contributed by atoms with Crippen LogP contribution >= 0.6 is 0 Å². The van der Waals surface area contributed by atoms with Crippen LogP contribution in [0.1, 0.15) is 18.6 Å². The minimum Gasteiger partial charge on any atom is -0.494 e. The van der Waals surface area contributed by atoms with E-state index in [0.717, 1.165) is 11.3 Å². The summed E-state index contributed by atoms with van der Waals surface area (Å²) in [5, 5.41) is 8.80. The molecule has 6 heteroatoms. The van der Waals surface area contributed by atoms with Gasteiger partial charge in [0.15, 0.2) is 5.82 Å². The topological polar surface area (TPSA) is 85.2 Å². The molecule has 1 aromatic heterocycles. The molecule has 2 rings (SSSR count). The van der Waals surface area contributed by atoms with Crippen LogP contribution in [0.3, 0.4) is 0 Å². The number of ether oxygens (including phenoxy) is 1. The highest BCUT2D eigenvalue weighted by Crippen LogP contribution is 2.19. The summed E-state index contributed by atoms with van der Waals surface area (Å²) in [6, 6.07) is 7.33. The van der Waals surface area contributed by atoms with E-state index in [0.29, 0.717) is 18.3 Å². The maximum atomic E-state index is 10.7. The first kappa shape index (κ1) is 13.9. The van der Waals surface area contributed by atoms with Crippen molar-refractivity contribution in [3.05, 3.63) is 35.9 Å². The van der Waals surface area contributed by atoms with E-state index in [-0.39, 0.29) is 12.2 Å². The number of carbonyl (C=O) groups is 1. The van der Waals surface area contributed by atoms with Gasteiger partial charge < -0.3 is 9.84 Å². The summed E-state index contributed by atoms with van der Waals surface area (Å²) in [6.07, 6.45) is -0.215. The first-order valence-corrected chi connectivity index (χ1v) is 6.25. The number of hydrogen-bond acceptors (Lipinski definition) is 5. The van der Waals surface area contributed by atoms with Gasteiger partial charge in [-0.1, -0.05) is 0 Å². The van der Waals surface area contributed by atoms with Crippen LogP contribution in [0.15, 0.2) is 24.3 Å². The van der Waals surface area contributed by atoms with Gasteiger partial charge in [0, 0.05) is 5.56 Å². The lowest BCUT2D eigenvalue weighted by Crippen LogP contribution is -2.08. The molecule has 0 spiro atoms. The molecule has 0 amide bonds. The zero-order chi connectivity index (χ0) is 14.5. The highest BCUT2D eigenvalue weighted by molar-refractivity contribution is 5.69. The number of aromatic nitrogens is 3. The maximum absolute atomic E-state index is 10.7. The Morgan fingerprint density at radius 3 is 2.50 bits per heavy atom. The number of nitrogens with zero attached hydrogens (tertiary/aromatic N) is 3.